The zero-order chi connectivity index (χ0) is 15.5. The van der Waals surface area contributed by atoms with Crippen LogP contribution >= 0.6 is 24.8 Å². The number of rotatable bonds is 4. The highest BCUT2D eigenvalue weighted by Crippen LogP contribution is 2.19. The molecule has 1 aromatic carbocycles. The van der Waals surface area contributed by atoms with Gasteiger partial charge in [-0.05, 0) is 18.6 Å². The maximum atomic E-state index is 11.0. The van der Waals surface area contributed by atoms with Gasteiger partial charge in [-0.15, -0.1) is 24.8 Å². The van der Waals surface area contributed by atoms with Crippen LogP contribution in [0.4, 0.5) is 10.5 Å². The summed E-state index contributed by atoms with van der Waals surface area (Å²) in [5.74, 6) is 0.660. The van der Waals surface area contributed by atoms with Crippen LogP contribution in [0.5, 0.6) is 0 Å². The van der Waals surface area contributed by atoms with Crippen molar-refractivity contribution in [2.45, 2.75) is 19.4 Å². The molecule has 3 rings (SSSR count). The number of aromatic nitrogens is 1. The van der Waals surface area contributed by atoms with Crippen LogP contribution in [-0.4, -0.2) is 53.3 Å². The molecule has 1 fully saturated rings. The topological polar surface area (TPSA) is 90.6 Å². The van der Waals surface area contributed by atoms with Gasteiger partial charge in [0.15, 0.2) is 11.5 Å². The second-order valence-electron chi connectivity index (χ2n) is 5.51. The van der Waals surface area contributed by atoms with Crippen molar-refractivity contribution >= 4 is 47.7 Å². The Morgan fingerprint density at radius 3 is 3.04 bits per heavy atom. The largest absolute Gasteiger partial charge is 0.465 e. The molecule has 0 aliphatic carbocycles. The summed E-state index contributed by atoms with van der Waals surface area (Å²) in [5.41, 5.74) is 2.61. The van der Waals surface area contributed by atoms with Gasteiger partial charge in [0.1, 0.15) is 5.52 Å². The first-order valence-electron chi connectivity index (χ1n) is 7.44. The maximum Gasteiger partial charge on any atom is 0.407 e. The summed E-state index contributed by atoms with van der Waals surface area (Å²) >= 11 is 0. The fourth-order valence-corrected chi connectivity index (χ4v) is 2.73. The molecule has 1 amide bonds. The van der Waals surface area contributed by atoms with E-state index in [0.29, 0.717) is 25.5 Å². The number of carboxylic acid groups (broad SMARTS) is 1. The molecule has 0 bridgehead atoms. The number of hydrogen-bond donors (Lipinski definition) is 3. The number of benzene rings is 1. The number of nitrogens with one attached hydrogen (secondary N) is 2. The second-order valence-corrected chi connectivity index (χ2v) is 5.51. The number of hydrogen-bond acceptors (Lipinski definition) is 5. The molecule has 9 heteroatoms. The Morgan fingerprint density at radius 2 is 2.29 bits per heavy atom. The average molecular weight is 377 g/mol. The van der Waals surface area contributed by atoms with Crippen molar-refractivity contribution in [3.63, 3.8) is 0 Å². The molecule has 0 saturated carbocycles. The Bertz CT molecular complexity index is 680. The predicted octanol–water partition coefficient (Wildman–Crippen LogP) is 2.73. The summed E-state index contributed by atoms with van der Waals surface area (Å²) in [6.45, 7) is 4.40. The summed E-state index contributed by atoms with van der Waals surface area (Å²) in [5, 5.41) is 15.7. The van der Waals surface area contributed by atoms with E-state index in [0.717, 1.165) is 29.8 Å². The molecule has 7 nitrogen and oxygen atoms in total. The SMILES string of the molecule is Cc1nc2ccc(NCC[C@@H]3CN(C(=O)O)CCN3)cc2o1.Cl.Cl. The fourth-order valence-electron chi connectivity index (χ4n) is 2.73. The minimum Gasteiger partial charge on any atom is -0.465 e. The van der Waals surface area contributed by atoms with E-state index in [1.54, 1.807) is 0 Å². The van der Waals surface area contributed by atoms with Crippen molar-refractivity contribution in [3.05, 3.63) is 24.1 Å². The quantitative estimate of drug-likeness (QED) is 0.759. The van der Waals surface area contributed by atoms with E-state index < -0.39 is 6.09 Å². The van der Waals surface area contributed by atoms with Crippen molar-refractivity contribution in [2.75, 3.05) is 31.5 Å². The highest BCUT2D eigenvalue weighted by atomic mass is 35.5. The lowest BCUT2D eigenvalue weighted by Crippen LogP contribution is -2.52. The Hall–Kier alpha value is -1.70. The third kappa shape index (κ3) is 4.90. The van der Waals surface area contributed by atoms with E-state index >= 15 is 0 Å². The van der Waals surface area contributed by atoms with Crippen LogP contribution in [-0.2, 0) is 0 Å². The lowest BCUT2D eigenvalue weighted by molar-refractivity contribution is 0.128. The van der Waals surface area contributed by atoms with Crippen molar-refractivity contribution in [2.24, 2.45) is 0 Å². The predicted molar refractivity (Wildman–Crippen MR) is 97.7 cm³/mol. The lowest BCUT2D eigenvalue weighted by Gasteiger charge is -2.31. The van der Waals surface area contributed by atoms with Gasteiger partial charge in [0.2, 0.25) is 0 Å². The summed E-state index contributed by atoms with van der Waals surface area (Å²) in [6, 6.07) is 6.03. The molecule has 1 aliphatic rings. The summed E-state index contributed by atoms with van der Waals surface area (Å²) in [7, 11) is 0. The molecule has 0 unspecified atom stereocenters. The highest BCUT2D eigenvalue weighted by Gasteiger charge is 2.22. The lowest BCUT2D eigenvalue weighted by atomic mass is 10.1. The molecule has 1 saturated heterocycles. The number of halogens is 2. The first-order valence-corrected chi connectivity index (χ1v) is 7.44. The normalized spacial score (nSPS) is 17.0. The minimum atomic E-state index is -0.842. The molecule has 2 heterocycles. The zero-order valence-electron chi connectivity index (χ0n) is 13.3. The van der Waals surface area contributed by atoms with Crippen molar-refractivity contribution in [1.29, 1.82) is 0 Å². The highest BCUT2D eigenvalue weighted by molar-refractivity contribution is 5.85. The molecular weight excluding hydrogens is 355 g/mol. The monoisotopic (exact) mass is 376 g/mol. The van der Waals surface area contributed by atoms with Crippen LogP contribution in [0, 0.1) is 6.92 Å². The number of nitrogens with zero attached hydrogens (tertiary/aromatic N) is 2. The van der Waals surface area contributed by atoms with E-state index in [1.165, 1.54) is 4.90 Å². The standard InChI is InChI=1S/C15H20N4O3.2ClH/c1-10-18-13-3-2-11(8-14(13)22-10)16-5-4-12-9-19(15(20)21)7-6-17-12;;/h2-3,8,12,16-17H,4-7,9H2,1H3,(H,20,21);2*1H/t12-;;/m1../s1. The van der Waals surface area contributed by atoms with Gasteiger partial charge in [-0.2, -0.15) is 0 Å². The van der Waals surface area contributed by atoms with Crippen molar-refractivity contribution in [3.8, 4) is 0 Å². The van der Waals surface area contributed by atoms with Gasteiger partial charge in [0, 0.05) is 50.9 Å². The molecule has 3 N–H and O–H groups in total. The zero-order valence-corrected chi connectivity index (χ0v) is 15.0. The Kier molecular flexibility index (Phi) is 7.59. The van der Waals surface area contributed by atoms with Crippen LogP contribution in [0.1, 0.15) is 12.3 Å². The van der Waals surface area contributed by atoms with E-state index in [1.807, 2.05) is 25.1 Å². The molecule has 0 spiro atoms. The van der Waals surface area contributed by atoms with Crippen LogP contribution < -0.4 is 10.6 Å². The Morgan fingerprint density at radius 1 is 1.50 bits per heavy atom. The van der Waals surface area contributed by atoms with Gasteiger partial charge in [-0.1, -0.05) is 0 Å². The number of fused-ring (bicyclic) bond motifs is 1. The van der Waals surface area contributed by atoms with Gasteiger partial charge < -0.3 is 25.1 Å². The van der Waals surface area contributed by atoms with Gasteiger partial charge in [-0.3, -0.25) is 0 Å². The number of anilines is 1. The molecule has 24 heavy (non-hydrogen) atoms. The Balaban J connectivity index is 0.00000144. The molecule has 1 aromatic heterocycles. The number of amides is 1. The average Bonchev–Trinajstić information content (AvgIpc) is 2.87. The van der Waals surface area contributed by atoms with Gasteiger partial charge >= 0.3 is 6.09 Å². The number of aryl methyl sites for hydroxylation is 1. The smallest absolute Gasteiger partial charge is 0.407 e. The first-order chi connectivity index (χ1) is 10.6. The summed E-state index contributed by atoms with van der Waals surface area (Å²) < 4.78 is 5.51. The van der Waals surface area contributed by atoms with Gasteiger partial charge in [-0.25, -0.2) is 9.78 Å². The summed E-state index contributed by atoms with van der Waals surface area (Å²) in [4.78, 5) is 16.7. The van der Waals surface area contributed by atoms with Crippen molar-refractivity contribution in [1.82, 2.24) is 15.2 Å². The maximum absolute atomic E-state index is 11.0. The van der Waals surface area contributed by atoms with Crippen molar-refractivity contribution < 1.29 is 14.3 Å². The van der Waals surface area contributed by atoms with Crippen LogP contribution in [0.25, 0.3) is 11.1 Å². The second kappa shape index (κ2) is 8.96. The third-order valence-electron chi connectivity index (χ3n) is 3.84. The van der Waals surface area contributed by atoms with Crippen LogP contribution in [0.3, 0.4) is 0 Å². The number of carbonyl (C=O) groups is 1. The first kappa shape index (κ1) is 20.3. The van der Waals surface area contributed by atoms with Gasteiger partial charge in [0.25, 0.3) is 0 Å². The van der Waals surface area contributed by atoms with E-state index in [4.69, 9.17) is 9.52 Å². The minimum absolute atomic E-state index is 0. The fraction of sp³-hybridized carbons (Fsp3) is 0.467. The van der Waals surface area contributed by atoms with Gasteiger partial charge in [0.05, 0.1) is 0 Å². The molecule has 134 valence electrons. The van der Waals surface area contributed by atoms with E-state index in [2.05, 4.69) is 15.6 Å². The molecule has 1 atom stereocenters. The molecular formula is C15H22Cl2N4O3. The number of oxazole rings is 1. The van der Waals surface area contributed by atoms with E-state index in [9.17, 15) is 4.79 Å². The van der Waals surface area contributed by atoms with E-state index in [-0.39, 0.29) is 30.9 Å². The molecule has 2 aromatic rings. The third-order valence-corrected chi connectivity index (χ3v) is 3.84. The molecule has 1 aliphatic heterocycles. The molecule has 0 radical (unpaired) electrons. The number of piperazine rings is 1. The Labute approximate surface area is 152 Å². The van der Waals surface area contributed by atoms with Crippen LogP contribution in [0.15, 0.2) is 22.6 Å². The summed E-state index contributed by atoms with van der Waals surface area (Å²) in [6.07, 6.45) is 0.0163. The van der Waals surface area contributed by atoms with Crippen LogP contribution in [0.2, 0.25) is 0 Å².